The number of carbonyl (C=O) groups excluding carboxylic acids is 3. The maximum absolute atomic E-state index is 13.2. The van der Waals surface area contributed by atoms with Gasteiger partial charge in [-0.3, -0.25) is 4.90 Å². The monoisotopic (exact) mass is 476 g/mol. The lowest BCUT2D eigenvalue weighted by molar-refractivity contribution is -0.140. The van der Waals surface area contributed by atoms with E-state index in [0.717, 1.165) is 21.5 Å². The van der Waals surface area contributed by atoms with Crippen LogP contribution in [0.25, 0.3) is 21.5 Å². The summed E-state index contributed by atoms with van der Waals surface area (Å²) < 4.78 is 10.0. The average molecular weight is 477 g/mol. The third kappa shape index (κ3) is 6.45. The van der Waals surface area contributed by atoms with Crippen LogP contribution in [0.3, 0.4) is 0 Å². The summed E-state index contributed by atoms with van der Waals surface area (Å²) in [6.45, 7) is 6.15. The Hall–Kier alpha value is -4.17. The molecule has 0 aliphatic carbocycles. The molecular formula is C27H28N2O6. The SMILES string of the molecule is C=C(C)C(=O)OCCNC(=O)N(C=C(C)C(=O)OCCO)c1cccc2cc3ccccc3cc12. The first-order valence-electron chi connectivity index (χ1n) is 11.1. The van der Waals surface area contributed by atoms with Crippen LogP contribution in [0.1, 0.15) is 13.8 Å². The van der Waals surface area contributed by atoms with E-state index < -0.39 is 18.0 Å². The number of ether oxygens (including phenoxy) is 2. The van der Waals surface area contributed by atoms with Crippen molar-refractivity contribution in [3.63, 3.8) is 0 Å². The molecule has 0 aromatic heterocycles. The van der Waals surface area contributed by atoms with E-state index >= 15 is 0 Å². The van der Waals surface area contributed by atoms with Crippen LogP contribution in [0, 0.1) is 0 Å². The Labute approximate surface area is 203 Å². The fraction of sp³-hybridized carbons (Fsp3) is 0.222. The molecule has 3 aromatic carbocycles. The fourth-order valence-corrected chi connectivity index (χ4v) is 3.41. The highest BCUT2D eigenvalue weighted by molar-refractivity contribution is 6.09. The molecule has 0 atom stereocenters. The molecule has 0 saturated heterocycles. The van der Waals surface area contributed by atoms with Gasteiger partial charge in [0.25, 0.3) is 0 Å². The minimum atomic E-state index is -0.655. The van der Waals surface area contributed by atoms with Gasteiger partial charge in [0.15, 0.2) is 0 Å². The lowest BCUT2D eigenvalue weighted by Gasteiger charge is -2.22. The summed E-state index contributed by atoms with van der Waals surface area (Å²) in [7, 11) is 0. The molecule has 0 heterocycles. The number of benzene rings is 3. The molecule has 8 nitrogen and oxygen atoms in total. The number of fused-ring (bicyclic) bond motifs is 2. The summed E-state index contributed by atoms with van der Waals surface area (Å²) in [5, 5.41) is 15.4. The van der Waals surface area contributed by atoms with Crippen LogP contribution in [-0.4, -0.2) is 49.4 Å². The molecule has 0 radical (unpaired) electrons. The molecule has 8 heteroatoms. The highest BCUT2D eigenvalue weighted by Gasteiger charge is 2.19. The average Bonchev–Trinajstić information content (AvgIpc) is 2.86. The van der Waals surface area contributed by atoms with Crippen molar-refractivity contribution in [1.82, 2.24) is 5.32 Å². The summed E-state index contributed by atoms with van der Waals surface area (Å²) >= 11 is 0. The Balaban J connectivity index is 1.96. The van der Waals surface area contributed by atoms with Crippen molar-refractivity contribution in [3.05, 3.63) is 78.5 Å². The number of anilines is 1. The molecule has 0 bridgehead atoms. The number of nitrogens with one attached hydrogen (secondary N) is 1. The molecule has 0 saturated carbocycles. The van der Waals surface area contributed by atoms with Gasteiger partial charge in [-0.1, -0.05) is 43.0 Å². The predicted molar refractivity (Wildman–Crippen MR) is 135 cm³/mol. The van der Waals surface area contributed by atoms with Gasteiger partial charge < -0.3 is 19.9 Å². The molecule has 0 spiro atoms. The standard InChI is InChI=1S/C27H28N2O6/c1-18(2)25(31)34-13-11-28-27(33)29(17-19(3)26(32)35-14-12-30)24-10-6-9-22-15-20-7-4-5-8-21(20)16-23(22)24/h4-10,15-17,30H,1,11-14H2,2-3H3,(H,28,33). The van der Waals surface area contributed by atoms with Gasteiger partial charge in [-0.15, -0.1) is 0 Å². The van der Waals surface area contributed by atoms with Crippen molar-refractivity contribution in [2.24, 2.45) is 0 Å². The zero-order valence-electron chi connectivity index (χ0n) is 19.7. The van der Waals surface area contributed by atoms with Crippen molar-refractivity contribution in [1.29, 1.82) is 0 Å². The Morgan fingerprint density at radius 1 is 0.943 bits per heavy atom. The Bertz CT molecular complexity index is 1300. The molecule has 0 aliphatic heterocycles. The summed E-state index contributed by atoms with van der Waals surface area (Å²) in [6, 6.07) is 17.0. The molecule has 2 amide bonds. The predicted octanol–water partition coefficient (Wildman–Crippen LogP) is 4.07. The van der Waals surface area contributed by atoms with E-state index in [4.69, 9.17) is 14.6 Å². The molecule has 0 fully saturated rings. The molecular weight excluding hydrogens is 448 g/mol. The Morgan fingerprint density at radius 2 is 1.60 bits per heavy atom. The van der Waals surface area contributed by atoms with Crippen LogP contribution in [0.2, 0.25) is 0 Å². The Morgan fingerprint density at radius 3 is 2.29 bits per heavy atom. The van der Waals surface area contributed by atoms with Crippen molar-refractivity contribution < 1.29 is 29.0 Å². The summed E-state index contributed by atoms with van der Waals surface area (Å²) in [4.78, 5) is 38.4. The fourth-order valence-electron chi connectivity index (χ4n) is 3.41. The third-order valence-corrected chi connectivity index (χ3v) is 5.13. The number of aliphatic hydroxyl groups excluding tert-OH is 1. The van der Waals surface area contributed by atoms with Gasteiger partial charge in [0.05, 0.1) is 24.4 Å². The van der Waals surface area contributed by atoms with Gasteiger partial charge in [0, 0.05) is 17.2 Å². The highest BCUT2D eigenvalue weighted by Crippen LogP contribution is 2.31. The first-order chi connectivity index (χ1) is 16.8. The summed E-state index contributed by atoms with van der Waals surface area (Å²) in [6.07, 6.45) is 1.39. The van der Waals surface area contributed by atoms with Crippen LogP contribution in [0.15, 0.2) is 78.5 Å². The van der Waals surface area contributed by atoms with E-state index in [0.29, 0.717) is 5.69 Å². The minimum absolute atomic E-state index is 0.0350. The van der Waals surface area contributed by atoms with E-state index in [1.54, 1.807) is 6.07 Å². The highest BCUT2D eigenvalue weighted by atomic mass is 16.5. The third-order valence-electron chi connectivity index (χ3n) is 5.13. The van der Waals surface area contributed by atoms with Gasteiger partial charge in [-0.05, 0) is 48.2 Å². The second kappa shape index (κ2) is 11.8. The van der Waals surface area contributed by atoms with E-state index in [2.05, 4.69) is 11.9 Å². The number of amides is 2. The first-order valence-corrected chi connectivity index (χ1v) is 11.1. The van der Waals surface area contributed by atoms with Crippen molar-refractivity contribution >= 4 is 45.2 Å². The van der Waals surface area contributed by atoms with Gasteiger partial charge >= 0.3 is 18.0 Å². The molecule has 0 unspecified atom stereocenters. The number of aliphatic hydroxyl groups is 1. The number of hydrogen-bond donors (Lipinski definition) is 2. The molecule has 3 aromatic rings. The van der Waals surface area contributed by atoms with Gasteiger partial charge in [0.2, 0.25) is 0 Å². The van der Waals surface area contributed by atoms with Gasteiger partial charge in [-0.2, -0.15) is 0 Å². The van der Waals surface area contributed by atoms with Crippen LogP contribution < -0.4 is 10.2 Å². The zero-order valence-corrected chi connectivity index (χ0v) is 19.7. The second-order valence-electron chi connectivity index (χ2n) is 7.89. The van der Waals surface area contributed by atoms with Gasteiger partial charge in [0.1, 0.15) is 13.2 Å². The first kappa shape index (κ1) is 25.5. The number of urea groups is 1. The molecule has 182 valence electrons. The van der Waals surface area contributed by atoms with Gasteiger partial charge in [-0.25, -0.2) is 14.4 Å². The minimum Gasteiger partial charge on any atom is -0.460 e. The normalized spacial score (nSPS) is 11.2. The van der Waals surface area contributed by atoms with Crippen molar-refractivity contribution in [2.45, 2.75) is 13.8 Å². The Kier molecular flexibility index (Phi) is 8.58. The number of esters is 2. The van der Waals surface area contributed by atoms with E-state index in [1.165, 1.54) is 24.9 Å². The van der Waals surface area contributed by atoms with Crippen molar-refractivity contribution in [2.75, 3.05) is 31.3 Å². The van der Waals surface area contributed by atoms with E-state index in [1.807, 2.05) is 48.5 Å². The topological polar surface area (TPSA) is 105 Å². The maximum atomic E-state index is 13.2. The van der Waals surface area contributed by atoms with Crippen LogP contribution in [0.4, 0.5) is 10.5 Å². The largest absolute Gasteiger partial charge is 0.460 e. The number of rotatable bonds is 9. The van der Waals surface area contributed by atoms with E-state index in [-0.39, 0.29) is 37.5 Å². The molecule has 2 N–H and O–H groups in total. The number of carbonyl (C=O) groups is 3. The lowest BCUT2D eigenvalue weighted by Crippen LogP contribution is -2.39. The molecule has 0 aliphatic rings. The smallest absolute Gasteiger partial charge is 0.335 e. The molecule has 3 rings (SSSR count). The zero-order chi connectivity index (χ0) is 25.4. The molecule has 35 heavy (non-hydrogen) atoms. The maximum Gasteiger partial charge on any atom is 0.335 e. The van der Waals surface area contributed by atoms with Crippen molar-refractivity contribution in [3.8, 4) is 0 Å². The number of nitrogens with zero attached hydrogens (tertiary/aromatic N) is 1. The van der Waals surface area contributed by atoms with Crippen LogP contribution in [-0.2, 0) is 19.1 Å². The van der Waals surface area contributed by atoms with Crippen LogP contribution in [0.5, 0.6) is 0 Å². The lowest BCUT2D eigenvalue weighted by atomic mass is 10.0. The summed E-state index contributed by atoms with van der Waals surface area (Å²) in [5.41, 5.74) is 0.986. The number of hydrogen-bond acceptors (Lipinski definition) is 6. The van der Waals surface area contributed by atoms with E-state index in [9.17, 15) is 14.4 Å². The second-order valence-corrected chi connectivity index (χ2v) is 7.89. The quantitative estimate of drug-likeness (QED) is 0.209. The summed E-state index contributed by atoms with van der Waals surface area (Å²) in [5.74, 6) is -1.20. The van der Waals surface area contributed by atoms with Crippen LogP contribution >= 0.6 is 0 Å².